The maximum absolute atomic E-state index is 12.3. The second-order valence-corrected chi connectivity index (χ2v) is 7.43. The molecule has 0 amide bonds. The van der Waals surface area contributed by atoms with E-state index in [1.54, 1.807) is 26.2 Å². The summed E-state index contributed by atoms with van der Waals surface area (Å²) in [6, 6.07) is 7.25. The van der Waals surface area contributed by atoms with Gasteiger partial charge < -0.3 is 4.98 Å². The van der Waals surface area contributed by atoms with Gasteiger partial charge in [0, 0.05) is 24.1 Å². The number of carbonyl (C=O) groups excluding carboxylic acids is 1. The summed E-state index contributed by atoms with van der Waals surface area (Å²) in [6.07, 6.45) is 0. The molecule has 3 rings (SSSR count). The number of benzene rings is 1. The molecule has 0 aliphatic carbocycles. The number of nitrogens with zero attached hydrogens (tertiary/aromatic N) is 3. The van der Waals surface area contributed by atoms with Crippen molar-refractivity contribution in [3.63, 3.8) is 0 Å². The Hall–Kier alpha value is -1.71. The number of ketones is 1. The maximum Gasteiger partial charge on any atom is 0.330 e. The molecule has 0 fully saturated rings. The van der Waals surface area contributed by atoms with Crippen LogP contribution in [0.15, 0.2) is 38.7 Å². The molecule has 0 spiro atoms. The fraction of sp³-hybridized carbons (Fsp3) is 0.200. The fourth-order valence-corrected chi connectivity index (χ4v) is 3.63. The minimum atomic E-state index is -0.235. The third kappa shape index (κ3) is 3.11. The predicted molar refractivity (Wildman–Crippen MR) is 100 cm³/mol. The van der Waals surface area contributed by atoms with Crippen LogP contribution in [0.2, 0.25) is 0 Å². The van der Waals surface area contributed by atoms with Crippen LogP contribution in [0.3, 0.4) is 0 Å². The molecule has 9 heteroatoms. The molecule has 2 heterocycles. The number of Topliss-reactive ketones (excluding diaryl/α,β-unsaturated/α-hetero) is 1. The zero-order valence-electron chi connectivity index (χ0n) is 12.9. The Morgan fingerprint density at radius 2 is 2.12 bits per heavy atom. The second kappa shape index (κ2) is 6.66. The standard InChI is InChI=1S/C15H13BrN4O2S2/c1-19-12-11(13(23)20(2)15(19)22)17-14(18-12)24-7-10(21)8-4-3-5-9(16)6-8/h3-6H,7H2,1-2H3,(H,17,18). The highest BCUT2D eigenvalue weighted by molar-refractivity contribution is 9.10. The van der Waals surface area contributed by atoms with Gasteiger partial charge in [0.2, 0.25) is 0 Å². The molecule has 0 bridgehead atoms. The fourth-order valence-electron chi connectivity index (χ4n) is 2.25. The van der Waals surface area contributed by atoms with Crippen LogP contribution < -0.4 is 5.69 Å². The van der Waals surface area contributed by atoms with Crippen LogP contribution in [0.4, 0.5) is 0 Å². The van der Waals surface area contributed by atoms with Gasteiger partial charge in [0.15, 0.2) is 16.6 Å². The number of nitrogens with one attached hydrogen (secondary N) is 1. The highest BCUT2D eigenvalue weighted by Gasteiger charge is 2.13. The first kappa shape index (κ1) is 17.1. The zero-order chi connectivity index (χ0) is 17.4. The average molecular weight is 425 g/mol. The number of imidazole rings is 1. The third-order valence-electron chi connectivity index (χ3n) is 3.56. The van der Waals surface area contributed by atoms with Gasteiger partial charge in [0.05, 0.1) is 5.75 Å². The molecule has 0 saturated carbocycles. The quantitative estimate of drug-likeness (QED) is 0.395. The van der Waals surface area contributed by atoms with Crippen molar-refractivity contribution in [2.24, 2.45) is 14.1 Å². The molecule has 0 unspecified atom stereocenters. The lowest BCUT2D eigenvalue weighted by atomic mass is 10.2. The summed E-state index contributed by atoms with van der Waals surface area (Å²) in [5.41, 5.74) is 1.50. The van der Waals surface area contributed by atoms with Crippen molar-refractivity contribution >= 4 is 56.9 Å². The summed E-state index contributed by atoms with van der Waals surface area (Å²) in [5.74, 6) is 0.239. The molecule has 0 atom stereocenters. The number of aromatic amines is 1. The summed E-state index contributed by atoms with van der Waals surface area (Å²) >= 11 is 9.92. The van der Waals surface area contributed by atoms with Crippen molar-refractivity contribution in [2.75, 3.05) is 5.75 Å². The summed E-state index contributed by atoms with van der Waals surface area (Å²) in [4.78, 5) is 31.8. The number of carbonyl (C=O) groups is 1. The summed E-state index contributed by atoms with van der Waals surface area (Å²) < 4.78 is 4.07. The highest BCUT2D eigenvalue weighted by Crippen LogP contribution is 2.21. The van der Waals surface area contributed by atoms with Gasteiger partial charge in [0.25, 0.3) is 0 Å². The van der Waals surface area contributed by atoms with Crippen LogP contribution in [0, 0.1) is 4.64 Å². The Balaban J connectivity index is 1.88. The van der Waals surface area contributed by atoms with E-state index in [1.165, 1.54) is 20.9 Å². The van der Waals surface area contributed by atoms with Gasteiger partial charge in [-0.3, -0.25) is 13.9 Å². The molecule has 24 heavy (non-hydrogen) atoms. The Morgan fingerprint density at radius 1 is 1.38 bits per heavy atom. The number of thioether (sulfide) groups is 1. The normalized spacial score (nSPS) is 11.1. The number of hydrogen-bond donors (Lipinski definition) is 1. The van der Waals surface area contributed by atoms with E-state index >= 15 is 0 Å². The van der Waals surface area contributed by atoms with Gasteiger partial charge in [-0.1, -0.05) is 52.0 Å². The van der Waals surface area contributed by atoms with Crippen LogP contribution in [-0.2, 0) is 14.1 Å². The number of aryl methyl sites for hydroxylation is 1. The number of hydrogen-bond acceptors (Lipinski definition) is 5. The molecule has 0 radical (unpaired) electrons. The summed E-state index contributed by atoms with van der Waals surface area (Å²) in [7, 11) is 3.26. The predicted octanol–water partition coefficient (Wildman–Crippen LogP) is 3.07. The van der Waals surface area contributed by atoms with E-state index in [9.17, 15) is 9.59 Å². The minimum absolute atomic E-state index is 0.000187. The van der Waals surface area contributed by atoms with E-state index in [-0.39, 0.29) is 17.2 Å². The van der Waals surface area contributed by atoms with Crippen molar-refractivity contribution in [3.8, 4) is 0 Å². The van der Waals surface area contributed by atoms with Crippen LogP contribution in [0.25, 0.3) is 11.2 Å². The van der Waals surface area contributed by atoms with Crippen molar-refractivity contribution in [1.29, 1.82) is 0 Å². The summed E-state index contributed by atoms with van der Waals surface area (Å²) in [5, 5.41) is 0.556. The average Bonchev–Trinajstić information content (AvgIpc) is 3.00. The van der Waals surface area contributed by atoms with Gasteiger partial charge in [-0.05, 0) is 12.1 Å². The lowest BCUT2D eigenvalue weighted by Gasteiger charge is -2.02. The molecular formula is C15H13BrN4O2S2. The molecule has 2 aromatic heterocycles. The lowest BCUT2D eigenvalue weighted by Crippen LogP contribution is -2.27. The monoisotopic (exact) mass is 424 g/mol. The van der Waals surface area contributed by atoms with Crippen molar-refractivity contribution in [1.82, 2.24) is 19.1 Å². The number of fused-ring (bicyclic) bond motifs is 1. The van der Waals surface area contributed by atoms with Crippen molar-refractivity contribution in [3.05, 3.63) is 49.4 Å². The molecule has 0 aliphatic rings. The number of rotatable bonds is 4. The second-order valence-electron chi connectivity index (χ2n) is 5.17. The largest absolute Gasteiger partial charge is 0.330 e. The van der Waals surface area contributed by atoms with E-state index in [0.29, 0.717) is 26.5 Å². The topological polar surface area (TPSA) is 72.7 Å². The van der Waals surface area contributed by atoms with E-state index in [4.69, 9.17) is 12.2 Å². The minimum Gasteiger partial charge on any atom is -0.329 e. The first-order valence-corrected chi connectivity index (χ1v) is 9.14. The Bertz CT molecular complexity index is 1070. The van der Waals surface area contributed by atoms with Gasteiger partial charge in [-0.25, -0.2) is 9.78 Å². The Kier molecular flexibility index (Phi) is 4.75. The molecular weight excluding hydrogens is 412 g/mol. The zero-order valence-corrected chi connectivity index (χ0v) is 16.1. The van der Waals surface area contributed by atoms with E-state index in [2.05, 4.69) is 25.9 Å². The smallest absolute Gasteiger partial charge is 0.329 e. The number of aromatic nitrogens is 4. The molecule has 0 aliphatic heterocycles. The van der Waals surface area contributed by atoms with Crippen LogP contribution in [-0.4, -0.2) is 30.6 Å². The molecule has 124 valence electrons. The van der Waals surface area contributed by atoms with Crippen LogP contribution in [0.1, 0.15) is 10.4 Å². The first-order valence-electron chi connectivity index (χ1n) is 6.96. The Morgan fingerprint density at radius 3 is 2.83 bits per heavy atom. The maximum atomic E-state index is 12.3. The Labute approximate surface area is 155 Å². The van der Waals surface area contributed by atoms with Gasteiger partial charge in [0.1, 0.15) is 10.2 Å². The van der Waals surface area contributed by atoms with Crippen molar-refractivity contribution in [2.45, 2.75) is 5.16 Å². The molecule has 3 aromatic rings. The third-order valence-corrected chi connectivity index (χ3v) is 5.40. The number of H-pyrrole nitrogens is 1. The molecule has 1 N–H and O–H groups in total. The molecule has 0 saturated heterocycles. The summed E-state index contributed by atoms with van der Waals surface area (Å²) in [6.45, 7) is 0. The van der Waals surface area contributed by atoms with E-state index in [0.717, 1.165) is 4.47 Å². The molecule has 1 aromatic carbocycles. The molecule has 6 nitrogen and oxygen atoms in total. The van der Waals surface area contributed by atoms with Crippen LogP contribution >= 0.6 is 39.9 Å². The van der Waals surface area contributed by atoms with Crippen molar-refractivity contribution < 1.29 is 4.79 Å². The van der Waals surface area contributed by atoms with Crippen LogP contribution in [0.5, 0.6) is 0 Å². The lowest BCUT2D eigenvalue weighted by molar-refractivity contribution is 0.102. The number of halogens is 1. The van der Waals surface area contributed by atoms with E-state index < -0.39 is 0 Å². The van der Waals surface area contributed by atoms with Gasteiger partial charge in [-0.2, -0.15) is 0 Å². The highest BCUT2D eigenvalue weighted by atomic mass is 79.9. The first-order chi connectivity index (χ1) is 11.4. The van der Waals surface area contributed by atoms with Gasteiger partial charge in [-0.15, -0.1) is 0 Å². The van der Waals surface area contributed by atoms with E-state index in [1.807, 2.05) is 12.1 Å². The van der Waals surface area contributed by atoms with Gasteiger partial charge >= 0.3 is 5.69 Å². The SMILES string of the molecule is Cn1c(=S)c2[nH]c(SCC(=O)c3cccc(Br)c3)nc2n(C)c1=O.